The van der Waals surface area contributed by atoms with Crippen LogP contribution in [0.1, 0.15) is 178 Å². The number of aromatic carboxylic acids is 1. The summed E-state index contributed by atoms with van der Waals surface area (Å²) in [5.74, 6) is -0.795. The molecule has 0 aliphatic heterocycles. The summed E-state index contributed by atoms with van der Waals surface area (Å²) in [4.78, 5) is 12.3. The zero-order valence-corrected chi connectivity index (χ0v) is 24.8. The Morgan fingerprint density at radius 3 is 1.36 bits per heavy atom. The summed E-state index contributed by atoms with van der Waals surface area (Å²) in [6.45, 7) is 14.8. The lowest BCUT2D eigenvalue weighted by Gasteiger charge is -2.30. The molecule has 0 bridgehead atoms. The highest BCUT2D eigenvalue weighted by atomic mass is 16.4. The fourth-order valence-corrected chi connectivity index (χ4v) is 5.26. The predicted molar refractivity (Wildman–Crippen MR) is 156 cm³/mol. The van der Waals surface area contributed by atoms with E-state index >= 15 is 0 Å². The van der Waals surface area contributed by atoms with Gasteiger partial charge in [-0.05, 0) is 33.9 Å². The van der Waals surface area contributed by atoms with Gasteiger partial charge in [-0.2, -0.15) is 0 Å². The van der Waals surface area contributed by atoms with Crippen LogP contribution in [0.5, 0.6) is 0 Å². The number of hydrogen-bond donors (Lipinski definition) is 2. The van der Waals surface area contributed by atoms with E-state index in [1.54, 1.807) is 0 Å². The lowest BCUT2D eigenvalue weighted by atomic mass is 9.74. The van der Waals surface area contributed by atoms with Gasteiger partial charge < -0.3 is 10.2 Å². The molecule has 0 saturated heterocycles. The largest absolute Gasteiger partial charge is 0.478 e. The molecule has 3 nitrogen and oxygen atoms in total. The quantitative estimate of drug-likeness (QED) is 0.196. The third-order valence-corrected chi connectivity index (χ3v) is 7.59. The molecule has 0 radical (unpaired) electrons. The fraction of sp³-hybridized carbons (Fsp3) is 0.788. The molecule has 0 amide bonds. The van der Waals surface area contributed by atoms with E-state index in [2.05, 4.69) is 60.6 Å². The smallest absolute Gasteiger partial charge is 0.336 e. The number of aliphatic hydroxyl groups is 1. The Bertz CT molecular complexity index is 716. The van der Waals surface area contributed by atoms with Crippen molar-refractivity contribution in [2.75, 3.05) is 6.61 Å². The van der Waals surface area contributed by atoms with Crippen LogP contribution in [-0.4, -0.2) is 22.8 Å². The second kappa shape index (κ2) is 16.5. The minimum atomic E-state index is -0.857. The van der Waals surface area contributed by atoms with Crippen LogP contribution in [-0.2, 0) is 10.8 Å². The van der Waals surface area contributed by atoms with Crippen molar-refractivity contribution in [1.82, 2.24) is 0 Å². The topological polar surface area (TPSA) is 57.5 Å². The van der Waals surface area contributed by atoms with E-state index in [-0.39, 0.29) is 23.4 Å². The molecule has 36 heavy (non-hydrogen) atoms. The van der Waals surface area contributed by atoms with Crippen molar-refractivity contribution in [2.24, 2.45) is 0 Å². The second-order valence-corrected chi connectivity index (χ2v) is 13.1. The molecule has 1 unspecified atom stereocenters. The van der Waals surface area contributed by atoms with Crippen molar-refractivity contribution in [3.63, 3.8) is 0 Å². The van der Waals surface area contributed by atoms with Gasteiger partial charge in [-0.1, -0.05) is 150 Å². The highest BCUT2D eigenvalue weighted by molar-refractivity contribution is 5.92. The van der Waals surface area contributed by atoms with Gasteiger partial charge in [0.15, 0.2) is 0 Å². The van der Waals surface area contributed by atoms with Crippen molar-refractivity contribution >= 4 is 5.97 Å². The normalized spacial score (nSPS) is 13.2. The molecule has 1 aromatic rings. The first-order valence-corrected chi connectivity index (χ1v) is 15.0. The molecule has 0 spiro atoms. The van der Waals surface area contributed by atoms with Crippen LogP contribution in [0.2, 0.25) is 0 Å². The van der Waals surface area contributed by atoms with E-state index in [4.69, 9.17) is 0 Å². The van der Waals surface area contributed by atoms with Crippen LogP contribution in [0.25, 0.3) is 0 Å². The zero-order valence-electron chi connectivity index (χ0n) is 24.8. The van der Waals surface area contributed by atoms with Gasteiger partial charge >= 0.3 is 5.97 Å². The zero-order chi connectivity index (χ0) is 27.2. The number of carboxylic acid groups (broad SMARTS) is 1. The van der Waals surface area contributed by atoms with Crippen molar-refractivity contribution in [2.45, 2.75) is 162 Å². The van der Waals surface area contributed by atoms with Gasteiger partial charge in [0.1, 0.15) is 0 Å². The first-order chi connectivity index (χ1) is 16.9. The molecular formula is C33H58O3. The molecule has 0 heterocycles. The summed E-state index contributed by atoms with van der Waals surface area (Å²) >= 11 is 0. The number of benzene rings is 1. The summed E-state index contributed by atoms with van der Waals surface area (Å²) in [7, 11) is 0. The number of rotatable bonds is 18. The van der Waals surface area contributed by atoms with Gasteiger partial charge in [-0.3, -0.25) is 0 Å². The van der Waals surface area contributed by atoms with Gasteiger partial charge in [0.05, 0.1) is 5.56 Å². The van der Waals surface area contributed by atoms with Gasteiger partial charge in [0.2, 0.25) is 0 Å². The predicted octanol–water partition coefficient (Wildman–Crippen LogP) is 9.93. The number of carbonyl (C=O) groups is 1. The molecule has 1 aromatic carbocycles. The highest BCUT2D eigenvalue weighted by Crippen LogP contribution is 2.38. The Balaban J connectivity index is 2.56. The fourth-order valence-electron chi connectivity index (χ4n) is 5.26. The molecule has 0 aliphatic rings. The van der Waals surface area contributed by atoms with Crippen LogP contribution in [0.3, 0.4) is 0 Å². The monoisotopic (exact) mass is 502 g/mol. The third kappa shape index (κ3) is 11.8. The van der Waals surface area contributed by atoms with Gasteiger partial charge in [-0.15, -0.1) is 0 Å². The summed E-state index contributed by atoms with van der Waals surface area (Å²) in [6.07, 6.45) is 19.7. The van der Waals surface area contributed by atoms with E-state index in [1.165, 1.54) is 83.5 Å². The minimum Gasteiger partial charge on any atom is -0.478 e. The van der Waals surface area contributed by atoms with Crippen molar-refractivity contribution in [3.8, 4) is 0 Å². The number of hydrogen-bond acceptors (Lipinski definition) is 2. The summed E-state index contributed by atoms with van der Waals surface area (Å²) in [6, 6.07) is 4.12. The number of unbranched alkanes of at least 4 members (excludes halogenated alkanes) is 13. The first-order valence-electron chi connectivity index (χ1n) is 15.0. The van der Waals surface area contributed by atoms with E-state index in [0.29, 0.717) is 5.56 Å². The Kier molecular flexibility index (Phi) is 15.0. The van der Waals surface area contributed by atoms with Crippen LogP contribution in [0.15, 0.2) is 12.1 Å². The maximum atomic E-state index is 12.3. The molecule has 0 saturated carbocycles. The molecule has 1 rings (SSSR count). The second-order valence-electron chi connectivity index (χ2n) is 13.1. The minimum absolute atomic E-state index is 0.0624. The summed E-state index contributed by atoms with van der Waals surface area (Å²) in [5.41, 5.74) is 2.71. The Morgan fingerprint density at radius 2 is 1.06 bits per heavy atom. The molecule has 0 fully saturated rings. The van der Waals surface area contributed by atoms with E-state index in [9.17, 15) is 15.0 Å². The molecule has 208 valence electrons. The maximum absolute atomic E-state index is 12.3. The molecule has 0 aliphatic carbocycles. The molecule has 2 N–H and O–H groups in total. The standard InChI is InChI=1S/C33H58O3/c1-8-9-10-11-12-13-14-15-16-17-18-19-20-21-22-26(25-34)27-23-28(32(2,3)4)30(31(35)36)29(24-27)33(5,6)7/h23-24,26,34H,8-22,25H2,1-7H3,(H,35,36). The maximum Gasteiger partial charge on any atom is 0.336 e. The number of carboxylic acids is 1. The van der Waals surface area contributed by atoms with Crippen LogP contribution < -0.4 is 0 Å². The molecule has 1 atom stereocenters. The van der Waals surface area contributed by atoms with Crippen LogP contribution in [0.4, 0.5) is 0 Å². The number of aliphatic hydroxyl groups excluding tert-OH is 1. The third-order valence-electron chi connectivity index (χ3n) is 7.59. The average molecular weight is 503 g/mol. The van der Waals surface area contributed by atoms with Gasteiger partial charge in [0.25, 0.3) is 0 Å². The van der Waals surface area contributed by atoms with Gasteiger partial charge in [-0.25, -0.2) is 4.79 Å². The highest BCUT2D eigenvalue weighted by Gasteiger charge is 2.31. The molecule has 0 aromatic heterocycles. The summed E-state index contributed by atoms with van der Waals surface area (Å²) in [5, 5.41) is 20.3. The van der Waals surface area contributed by atoms with E-state index in [1.807, 2.05) is 0 Å². The molecular weight excluding hydrogens is 444 g/mol. The Morgan fingerprint density at radius 1 is 0.694 bits per heavy atom. The summed E-state index contributed by atoms with van der Waals surface area (Å²) < 4.78 is 0. The van der Waals surface area contributed by atoms with Crippen molar-refractivity contribution in [1.29, 1.82) is 0 Å². The average Bonchev–Trinajstić information content (AvgIpc) is 2.79. The Hall–Kier alpha value is -1.35. The lowest BCUT2D eigenvalue weighted by Crippen LogP contribution is -2.25. The molecule has 3 heteroatoms. The van der Waals surface area contributed by atoms with Gasteiger partial charge in [0, 0.05) is 12.5 Å². The van der Waals surface area contributed by atoms with E-state index < -0.39 is 5.97 Å². The first kappa shape index (κ1) is 32.7. The lowest BCUT2D eigenvalue weighted by molar-refractivity contribution is 0.0691. The Labute approximate surface area is 223 Å². The van der Waals surface area contributed by atoms with Crippen LogP contribution >= 0.6 is 0 Å². The van der Waals surface area contributed by atoms with Crippen molar-refractivity contribution in [3.05, 3.63) is 34.4 Å². The van der Waals surface area contributed by atoms with E-state index in [0.717, 1.165) is 29.5 Å². The SMILES string of the molecule is CCCCCCCCCCCCCCCCC(CO)c1cc(C(C)(C)C)c(C(=O)O)c(C(C)(C)C)c1. The van der Waals surface area contributed by atoms with Crippen LogP contribution in [0, 0.1) is 0 Å². The van der Waals surface area contributed by atoms with Crippen molar-refractivity contribution < 1.29 is 15.0 Å².